The molecule has 3 N–H and O–H groups in total. The highest BCUT2D eigenvalue weighted by atomic mass is 35.5. The van der Waals surface area contributed by atoms with Gasteiger partial charge in [-0.15, -0.1) is 0 Å². The van der Waals surface area contributed by atoms with E-state index in [9.17, 15) is 14.7 Å². The molecule has 146 valence electrons. The van der Waals surface area contributed by atoms with Crippen molar-refractivity contribution in [1.29, 1.82) is 0 Å². The summed E-state index contributed by atoms with van der Waals surface area (Å²) in [5.74, 6) is 0.279. The number of nitrogens with zero attached hydrogens (tertiary/aromatic N) is 3. The number of rotatable bonds is 4. The minimum atomic E-state index is -0.765. The second-order valence-corrected chi connectivity index (χ2v) is 6.71. The van der Waals surface area contributed by atoms with Gasteiger partial charge in [0, 0.05) is 23.3 Å². The van der Waals surface area contributed by atoms with Crippen LogP contribution in [-0.4, -0.2) is 39.8 Å². The number of hydrogen-bond donors (Lipinski definition) is 3. The first-order chi connectivity index (χ1) is 14.0. The van der Waals surface area contributed by atoms with E-state index < -0.39 is 17.1 Å². The number of aromatic nitrogens is 2. The number of aliphatic imine (C=N–C) groups is 2. The molecule has 2 aromatic carbocycles. The van der Waals surface area contributed by atoms with Gasteiger partial charge in [-0.25, -0.2) is 9.36 Å². The van der Waals surface area contributed by atoms with E-state index in [1.807, 2.05) is 18.2 Å². The molecule has 1 aliphatic rings. The Balaban J connectivity index is 1.73. The van der Waals surface area contributed by atoms with E-state index in [2.05, 4.69) is 20.3 Å². The maximum atomic E-state index is 12.2. The molecule has 0 spiro atoms. The van der Waals surface area contributed by atoms with Gasteiger partial charge in [0.1, 0.15) is 11.4 Å². The Labute approximate surface area is 169 Å². The molecule has 1 aliphatic heterocycles. The molecule has 4 rings (SSSR count). The molecule has 0 bridgehead atoms. The largest absolute Gasteiger partial charge is 0.493 e. The third-order valence-electron chi connectivity index (χ3n) is 4.34. The zero-order valence-electron chi connectivity index (χ0n) is 15.1. The molecule has 0 aliphatic carbocycles. The number of aromatic hydroxyl groups is 1. The number of halogens is 1. The predicted octanol–water partition coefficient (Wildman–Crippen LogP) is 1.99. The number of H-pyrrole nitrogens is 1. The van der Waals surface area contributed by atoms with Crippen LogP contribution in [0.2, 0.25) is 5.02 Å². The smallest absolute Gasteiger partial charge is 0.335 e. The summed E-state index contributed by atoms with van der Waals surface area (Å²) in [5.41, 5.74) is 0.165. The number of benzene rings is 2. The van der Waals surface area contributed by atoms with Crippen molar-refractivity contribution in [2.45, 2.75) is 0 Å². The van der Waals surface area contributed by atoms with Crippen LogP contribution in [0.1, 0.15) is 11.1 Å². The van der Waals surface area contributed by atoms with Crippen LogP contribution in [0.15, 0.2) is 68.1 Å². The van der Waals surface area contributed by atoms with Gasteiger partial charge in [-0.2, -0.15) is 0 Å². The zero-order chi connectivity index (χ0) is 20.4. The van der Waals surface area contributed by atoms with E-state index in [4.69, 9.17) is 11.6 Å². The minimum absolute atomic E-state index is 0.138. The van der Waals surface area contributed by atoms with E-state index in [-0.39, 0.29) is 5.56 Å². The molecule has 0 radical (unpaired) electrons. The first kappa shape index (κ1) is 18.7. The Hall–Kier alpha value is -3.65. The lowest BCUT2D eigenvalue weighted by Crippen LogP contribution is -2.31. The summed E-state index contributed by atoms with van der Waals surface area (Å²) in [4.78, 5) is 35.3. The normalized spacial score (nSPS) is 13.5. The molecule has 0 unspecified atom stereocenters. The van der Waals surface area contributed by atoms with Gasteiger partial charge in [-0.3, -0.25) is 19.8 Å². The number of aromatic amines is 1. The summed E-state index contributed by atoms with van der Waals surface area (Å²) in [6.07, 6.45) is 1.23. The molecule has 29 heavy (non-hydrogen) atoms. The van der Waals surface area contributed by atoms with Crippen molar-refractivity contribution >= 4 is 29.3 Å². The highest BCUT2D eigenvalue weighted by Gasteiger charge is 2.14. The number of nitrogens with one attached hydrogen (secondary N) is 2. The maximum absolute atomic E-state index is 12.2. The highest BCUT2D eigenvalue weighted by Crippen LogP contribution is 2.19. The van der Waals surface area contributed by atoms with Gasteiger partial charge in [-0.05, 0) is 36.4 Å². The Morgan fingerprint density at radius 1 is 1.17 bits per heavy atom. The van der Waals surface area contributed by atoms with Crippen LogP contribution in [-0.2, 0) is 0 Å². The van der Waals surface area contributed by atoms with Crippen LogP contribution in [0.5, 0.6) is 5.88 Å². The Bertz CT molecular complexity index is 1240. The number of hydrogen-bond acceptors (Lipinski definition) is 6. The molecule has 0 saturated heterocycles. The lowest BCUT2D eigenvalue weighted by atomic mass is 10.2. The van der Waals surface area contributed by atoms with Crippen molar-refractivity contribution in [2.75, 3.05) is 13.1 Å². The average molecular weight is 410 g/mol. The fourth-order valence-electron chi connectivity index (χ4n) is 2.95. The van der Waals surface area contributed by atoms with E-state index in [0.29, 0.717) is 16.4 Å². The van der Waals surface area contributed by atoms with E-state index in [1.54, 1.807) is 30.3 Å². The summed E-state index contributed by atoms with van der Waals surface area (Å²) >= 11 is 5.87. The fourth-order valence-corrected chi connectivity index (χ4v) is 3.07. The van der Waals surface area contributed by atoms with Gasteiger partial charge in [0.15, 0.2) is 0 Å². The third-order valence-corrected chi connectivity index (χ3v) is 4.59. The molecular weight excluding hydrogens is 394 g/mol. The first-order valence-corrected chi connectivity index (χ1v) is 9.18. The molecule has 0 amide bonds. The van der Waals surface area contributed by atoms with E-state index in [1.165, 1.54) is 6.21 Å². The monoisotopic (exact) mass is 409 g/mol. The van der Waals surface area contributed by atoms with Crippen molar-refractivity contribution in [1.82, 2.24) is 14.9 Å². The molecule has 1 aromatic heterocycles. The molecule has 9 heteroatoms. The standard InChI is InChI=1S/C20H16ClN5O3/c21-13-4-6-15(7-5-13)26-19(28)16(18(27)25-20(26)29)11-24-14-3-1-2-12(10-14)17-22-8-9-23-17/h1-7,10-11,28H,8-9H2,(H,22,23)(H,25,27,29). The van der Waals surface area contributed by atoms with Gasteiger partial charge < -0.3 is 10.4 Å². The van der Waals surface area contributed by atoms with Crippen LogP contribution in [0.4, 0.5) is 5.69 Å². The molecule has 3 aromatic rings. The fraction of sp³-hybridized carbons (Fsp3) is 0.100. The summed E-state index contributed by atoms with van der Waals surface area (Å²) in [6, 6.07) is 13.6. The topological polar surface area (TPSA) is 112 Å². The number of amidine groups is 1. The maximum Gasteiger partial charge on any atom is 0.335 e. The summed E-state index contributed by atoms with van der Waals surface area (Å²) in [7, 11) is 0. The molecule has 0 fully saturated rings. The average Bonchev–Trinajstić information content (AvgIpc) is 3.24. The Morgan fingerprint density at radius 2 is 1.97 bits per heavy atom. The highest BCUT2D eigenvalue weighted by molar-refractivity contribution is 6.30. The summed E-state index contributed by atoms with van der Waals surface area (Å²) in [6.45, 7) is 1.51. The lowest BCUT2D eigenvalue weighted by molar-refractivity contribution is 0.430. The Kier molecular flexibility index (Phi) is 5.01. The van der Waals surface area contributed by atoms with Crippen LogP contribution in [0, 0.1) is 0 Å². The molecule has 0 saturated carbocycles. The summed E-state index contributed by atoms with van der Waals surface area (Å²) < 4.78 is 0.979. The Morgan fingerprint density at radius 3 is 2.69 bits per heavy atom. The lowest BCUT2D eigenvalue weighted by Gasteiger charge is -2.09. The van der Waals surface area contributed by atoms with Crippen molar-refractivity contribution in [3.63, 3.8) is 0 Å². The van der Waals surface area contributed by atoms with Crippen LogP contribution < -0.4 is 16.6 Å². The van der Waals surface area contributed by atoms with Gasteiger partial charge in [0.05, 0.1) is 17.9 Å². The van der Waals surface area contributed by atoms with E-state index in [0.717, 1.165) is 29.1 Å². The predicted molar refractivity (Wildman–Crippen MR) is 112 cm³/mol. The molecule has 0 atom stereocenters. The van der Waals surface area contributed by atoms with Crippen molar-refractivity contribution in [2.24, 2.45) is 9.98 Å². The zero-order valence-corrected chi connectivity index (χ0v) is 15.8. The van der Waals surface area contributed by atoms with E-state index >= 15 is 0 Å². The van der Waals surface area contributed by atoms with Crippen molar-refractivity contribution < 1.29 is 5.11 Å². The second-order valence-electron chi connectivity index (χ2n) is 6.27. The summed E-state index contributed by atoms with van der Waals surface area (Å²) in [5, 5.41) is 14.2. The minimum Gasteiger partial charge on any atom is -0.493 e. The molecule has 2 heterocycles. The SMILES string of the molecule is O=c1[nH]c(=O)n(-c2ccc(Cl)cc2)c(O)c1C=Nc1cccc(C2=NCCN2)c1. The van der Waals surface area contributed by atoms with Crippen LogP contribution in [0.3, 0.4) is 0 Å². The van der Waals surface area contributed by atoms with Crippen molar-refractivity contribution in [3.05, 3.63) is 85.5 Å². The third kappa shape index (κ3) is 3.83. The molecular formula is C20H16ClN5O3. The quantitative estimate of drug-likeness (QED) is 0.572. The van der Waals surface area contributed by atoms with Gasteiger partial charge in [-0.1, -0.05) is 23.7 Å². The van der Waals surface area contributed by atoms with Crippen molar-refractivity contribution in [3.8, 4) is 11.6 Å². The second kappa shape index (κ2) is 7.76. The van der Waals surface area contributed by atoms with Gasteiger partial charge >= 0.3 is 5.69 Å². The van der Waals surface area contributed by atoms with Crippen LogP contribution in [0.25, 0.3) is 5.69 Å². The van der Waals surface area contributed by atoms with Crippen LogP contribution >= 0.6 is 11.6 Å². The first-order valence-electron chi connectivity index (χ1n) is 8.80. The molecule has 8 nitrogen and oxygen atoms in total. The van der Waals surface area contributed by atoms with Gasteiger partial charge in [0.2, 0.25) is 5.88 Å². The van der Waals surface area contributed by atoms with Gasteiger partial charge in [0.25, 0.3) is 5.56 Å².